The van der Waals surface area contributed by atoms with Crippen LogP contribution in [-0.2, 0) is 25.7 Å². The smallest absolute Gasteiger partial charge is 0.408 e. The number of hydrogen-bond acceptors (Lipinski definition) is 5. The number of nitrogens with zero attached hydrogens (tertiary/aromatic N) is 1. The van der Waals surface area contributed by atoms with Gasteiger partial charge in [0.1, 0.15) is 24.3 Å². The molecule has 1 aliphatic heterocycles. The lowest BCUT2D eigenvalue weighted by Crippen LogP contribution is -2.55. The lowest BCUT2D eigenvalue weighted by Gasteiger charge is -2.33. The van der Waals surface area contributed by atoms with Gasteiger partial charge in [-0.05, 0) is 56.9 Å². The van der Waals surface area contributed by atoms with Crippen LogP contribution in [0.3, 0.4) is 0 Å². The number of esters is 1. The molecule has 32 heavy (non-hydrogen) atoms. The van der Waals surface area contributed by atoms with E-state index in [2.05, 4.69) is 5.32 Å². The van der Waals surface area contributed by atoms with Gasteiger partial charge in [-0.2, -0.15) is 0 Å². The summed E-state index contributed by atoms with van der Waals surface area (Å²) in [5, 5.41) is 2.73. The van der Waals surface area contributed by atoms with Crippen LogP contribution >= 0.6 is 0 Å². The summed E-state index contributed by atoms with van der Waals surface area (Å²) in [6, 6.07) is 8.00. The number of hydrogen-bond donors (Lipinski definition) is 1. The summed E-state index contributed by atoms with van der Waals surface area (Å²) in [6.07, 6.45) is 2.34. The van der Waals surface area contributed by atoms with Gasteiger partial charge in [0.15, 0.2) is 0 Å². The summed E-state index contributed by atoms with van der Waals surface area (Å²) >= 11 is 0. The first-order chi connectivity index (χ1) is 15.1. The molecule has 0 aromatic heterocycles. The van der Waals surface area contributed by atoms with Crippen LogP contribution in [-0.4, -0.2) is 47.1 Å². The molecule has 2 aliphatic rings. The number of rotatable bonds is 6. The highest BCUT2D eigenvalue weighted by molar-refractivity contribution is 5.90. The molecule has 2 amide bonds. The minimum absolute atomic E-state index is 0.117. The number of alkyl carbamates (subject to hydrolysis) is 1. The maximum Gasteiger partial charge on any atom is 0.408 e. The third kappa shape index (κ3) is 5.81. The van der Waals surface area contributed by atoms with Crippen molar-refractivity contribution in [2.24, 2.45) is 17.8 Å². The number of nitrogens with one attached hydrogen (secondary N) is 1. The third-order valence-electron chi connectivity index (χ3n) is 6.24. The molecule has 7 nitrogen and oxygen atoms in total. The maximum atomic E-state index is 13.6. The van der Waals surface area contributed by atoms with Gasteiger partial charge in [-0.25, -0.2) is 9.59 Å². The molecule has 1 saturated heterocycles. The van der Waals surface area contributed by atoms with Crippen LogP contribution in [0.25, 0.3) is 0 Å². The van der Waals surface area contributed by atoms with E-state index >= 15 is 0 Å². The first-order valence-corrected chi connectivity index (χ1v) is 11.6. The Morgan fingerprint density at radius 3 is 2.44 bits per heavy atom. The number of carbonyl (C=O) groups excluding carboxylic acids is 3. The molecule has 1 aromatic rings. The Morgan fingerprint density at radius 1 is 1.12 bits per heavy atom. The van der Waals surface area contributed by atoms with Crippen molar-refractivity contribution in [1.82, 2.24) is 10.2 Å². The summed E-state index contributed by atoms with van der Waals surface area (Å²) in [5.41, 5.74) is 0.242. The summed E-state index contributed by atoms with van der Waals surface area (Å²) in [5.74, 6) is -0.344. The van der Waals surface area contributed by atoms with Gasteiger partial charge < -0.3 is 19.7 Å². The van der Waals surface area contributed by atoms with Gasteiger partial charge in [0, 0.05) is 6.54 Å². The first kappa shape index (κ1) is 24.1. The zero-order chi connectivity index (χ0) is 23.5. The highest BCUT2D eigenvalue weighted by Gasteiger charge is 2.52. The maximum absolute atomic E-state index is 13.6. The second-order valence-electron chi connectivity index (χ2n) is 10.3. The van der Waals surface area contributed by atoms with Crippen LogP contribution in [0, 0.1) is 17.8 Å². The summed E-state index contributed by atoms with van der Waals surface area (Å²) < 4.78 is 11.0. The van der Waals surface area contributed by atoms with E-state index in [0.29, 0.717) is 12.5 Å². The molecule has 0 unspecified atom stereocenters. The Bertz CT molecular complexity index is 817. The Labute approximate surface area is 190 Å². The molecule has 1 N–H and O–H groups in total. The van der Waals surface area contributed by atoms with Crippen molar-refractivity contribution in [2.75, 3.05) is 6.54 Å². The Balaban J connectivity index is 1.70. The van der Waals surface area contributed by atoms with Crippen molar-refractivity contribution in [2.45, 2.75) is 78.2 Å². The lowest BCUT2D eigenvalue weighted by molar-refractivity contribution is -0.165. The quantitative estimate of drug-likeness (QED) is 0.673. The fraction of sp³-hybridized carbons (Fsp3) is 0.640. The number of amides is 2. The molecule has 0 spiro atoms. The van der Waals surface area contributed by atoms with Gasteiger partial charge in [-0.15, -0.1) is 0 Å². The van der Waals surface area contributed by atoms with Crippen molar-refractivity contribution in [1.29, 1.82) is 0 Å². The number of likely N-dealkylation sites (tertiary alicyclic amines) is 1. The zero-order valence-electron chi connectivity index (χ0n) is 19.8. The van der Waals surface area contributed by atoms with Crippen LogP contribution in [0.4, 0.5) is 4.79 Å². The van der Waals surface area contributed by atoms with Crippen LogP contribution in [0.15, 0.2) is 30.3 Å². The summed E-state index contributed by atoms with van der Waals surface area (Å²) in [4.78, 5) is 40.7. The van der Waals surface area contributed by atoms with Crippen molar-refractivity contribution in [3.63, 3.8) is 0 Å². The molecular formula is C25H36N2O5. The molecule has 1 saturated carbocycles. The molecule has 7 heteroatoms. The number of fused-ring (bicyclic) bond motifs is 1. The average Bonchev–Trinajstić information content (AvgIpc) is 3.30. The predicted octanol–water partition coefficient (Wildman–Crippen LogP) is 3.91. The molecule has 176 valence electrons. The predicted molar refractivity (Wildman–Crippen MR) is 121 cm³/mol. The van der Waals surface area contributed by atoms with Crippen LogP contribution in [0.5, 0.6) is 0 Å². The minimum Gasteiger partial charge on any atom is -0.458 e. The molecule has 1 heterocycles. The van der Waals surface area contributed by atoms with E-state index in [4.69, 9.17) is 9.47 Å². The van der Waals surface area contributed by atoms with Gasteiger partial charge >= 0.3 is 12.1 Å². The van der Waals surface area contributed by atoms with Crippen LogP contribution < -0.4 is 5.32 Å². The largest absolute Gasteiger partial charge is 0.458 e. The first-order valence-electron chi connectivity index (χ1n) is 11.6. The van der Waals surface area contributed by atoms with E-state index in [-0.39, 0.29) is 30.3 Å². The monoisotopic (exact) mass is 444 g/mol. The standard InChI is InChI=1S/C25H36N2O5/c1-16(2)20(26-24(30)31-15-17-10-7-6-8-11-17)22(28)27-14-18-12-9-13-19(18)21(27)23(29)32-25(3,4)5/h6-8,10-11,16,18-21H,9,12-15H2,1-5H3,(H,26,30)/t18-,19-,20-,21-/m0/s1. The third-order valence-corrected chi connectivity index (χ3v) is 6.24. The van der Waals surface area contributed by atoms with E-state index in [0.717, 1.165) is 24.8 Å². The molecular weight excluding hydrogens is 408 g/mol. The highest BCUT2D eigenvalue weighted by atomic mass is 16.6. The van der Waals surface area contributed by atoms with E-state index in [1.165, 1.54) is 0 Å². The number of carbonyl (C=O) groups is 3. The summed E-state index contributed by atoms with van der Waals surface area (Å²) in [7, 11) is 0. The zero-order valence-corrected chi connectivity index (χ0v) is 19.8. The van der Waals surface area contributed by atoms with Gasteiger partial charge in [-0.1, -0.05) is 50.6 Å². The van der Waals surface area contributed by atoms with Gasteiger partial charge in [0.2, 0.25) is 5.91 Å². The molecule has 1 aliphatic carbocycles. The van der Waals surface area contributed by atoms with E-state index < -0.39 is 23.8 Å². The van der Waals surface area contributed by atoms with E-state index in [1.54, 1.807) is 4.90 Å². The van der Waals surface area contributed by atoms with Gasteiger partial charge in [0.25, 0.3) is 0 Å². The van der Waals surface area contributed by atoms with E-state index in [9.17, 15) is 14.4 Å². The number of ether oxygens (including phenoxy) is 2. The van der Waals surface area contributed by atoms with Gasteiger partial charge in [0.05, 0.1) is 0 Å². The Morgan fingerprint density at radius 2 is 1.81 bits per heavy atom. The summed E-state index contributed by atoms with van der Waals surface area (Å²) in [6.45, 7) is 9.90. The second-order valence-corrected chi connectivity index (χ2v) is 10.3. The highest BCUT2D eigenvalue weighted by Crippen LogP contribution is 2.43. The molecule has 3 rings (SSSR count). The minimum atomic E-state index is -0.776. The fourth-order valence-electron chi connectivity index (χ4n) is 4.78. The van der Waals surface area contributed by atoms with Crippen LogP contribution in [0.2, 0.25) is 0 Å². The SMILES string of the molecule is CC(C)[C@H](NC(=O)OCc1ccccc1)C(=O)N1C[C@@H]2CCC[C@@H]2[C@H]1C(=O)OC(C)(C)C. The van der Waals surface area contributed by atoms with Crippen molar-refractivity contribution >= 4 is 18.0 Å². The van der Waals surface area contributed by atoms with Crippen LogP contribution in [0.1, 0.15) is 59.4 Å². The fourth-order valence-corrected chi connectivity index (χ4v) is 4.78. The lowest BCUT2D eigenvalue weighted by atomic mass is 9.93. The Kier molecular flexibility index (Phi) is 7.47. The van der Waals surface area contributed by atoms with Crippen molar-refractivity contribution in [3.05, 3.63) is 35.9 Å². The molecule has 4 atom stereocenters. The molecule has 1 aromatic carbocycles. The molecule has 0 bridgehead atoms. The molecule has 0 radical (unpaired) electrons. The second kappa shape index (κ2) is 9.92. The Hall–Kier alpha value is -2.57. The number of benzene rings is 1. The van der Waals surface area contributed by atoms with Crippen molar-refractivity contribution < 1.29 is 23.9 Å². The topological polar surface area (TPSA) is 84.9 Å². The average molecular weight is 445 g/mol. The normalized spacial score (nSPS) is 23.6. The van der Waals surface area contributed by atoms with Gasteiger partial charge in [-0.3, -0.25) is 4.79 Å². The molecule has 2 fully saturated rings. The van der Waals surface area contributed by atoms with Crippen molar-refractivity contribution in [3.8, 4) is 0 Å². The van der Waals surface area contributed by atoms with E-state index in [1.807, 2.05) is 65.0 Å².